The Labute approximate surface area is 404 Å². The van der Waals surface area contributed by atoms with E-state index < -0.39 is 17.5 Å². The maximum absolute atomic E-state index is 15.4. The van der Waals surface area contributed by atoms with Crippen molar-refractivity contribution in [2.24, 2.45) is 0 Å². The molecule has 0 fully saturated rings. The summed E-state index contributed by atoms with van der Waals surface area (Å²) >= 11 is 0. The molecule has 0 saturated carbocycles. The van der Waals surface area contributed by atoms with Gasteiger partial charge in [0.2, 0.25) is 0 Å². The predicted octanol–water partition coefficient (Wildman–Crippen LogP) is 16.3. The Hall–Kier alpha value is -6.63. The van der Waals surface area contributed by atoms with Crippen LogP contribution in [-0.4, -0.2) is 9.55 Å². The summed E-state index contributed by atoms with van der Waals surface area (Å²) in [5, 5.41) is 2.13. The number of anilines is 4. The van der Waals surface area contributed by atoms with Crippen LogP contribution in [-0.2, 0) is 26.5 Å². The van der Waals surface area contributed by atoms with Crippen molar-refractivity contribution in [1.29, 1.82) is 0 Å². The number of hydrogen-bond donors (Lipinski definition) is 0. The van der Waals surface area contributed by atoms with Gasteiger partial charge in [-0.3, -0.25) is 0 Å². The molecule has 67 heavy (non-hydrogen) atoms. The van der Waals surface area contributed by atoms with Crippen molar-refractivity contribution in [2.45, 2.75) is 65.7 Å². The second-order valence-corrected chi connectivity index (χ2v) is 18.6. The molecule has 1 aliphatic heterocycles. The molecule has 7 aromatic carbocycles. The molecule has 1 aliphatic rings. The average Bonchev–Trinajstić information content (AvgIpc) is 3.84. The Morgan fingerprint density at radius 1 is 0.612 bits per heavy atom. The molecule has 3 heterocycles. The van der Waals surface area contributed by atoms with Crippen LogP contribution in [0, 0.1) is 36.3 Å². The molecule has 0 amide bonds. The molecule has 2 aromatic heterocycles. The fourth-order valence-electron chi connectivity index (χ4n) is 9.09. The van der Waals surface area contributed by atoms with E-state index in [4.69, 9.17) is 9.72 Å². The molecule has 0 spiro atoms. The largest absolute Gasteiger partial charge is 0.509 e. The Balaban J connectivity index is 0.00000562. The summed E-state index contributed by atoms with van der Waals surface area (Å²) in [7, 11) is 0. The van der Waals surface area contributed by atoms with E-state index in [2.05, 4.69) is 142 Å². The molecule has 0 aliphatic carbocycles. The summed E-state index contributed by atoms with van der Waals surface area (Å²) in [5.41, 5.74) is 10.3. The molecule has 10 rings (SSSR count). The number of para-hydroxylation sites is 3. The zero-order valence-electron chi connectivity index (χ0n) is 38.2. The molecule has 9 heteroatoms. The van der Waals surface area contributed by atoms with Crippen molar-refractivity contribution < 1.29 is 39.0 Å². The van der Waals surface area contributed by atoms with E-state index in [0.29, 0.717) is 17.1 Å². The molecule has 0 unspecified atom stereocenters. The minimum atomic E-state index is -0.957. The molecule has 0 saturated heterocycles. The number of nitrogens with zero attached hydrogens (tertiary/aromatic N) is 4. The second kappa shape index (κ2) is 17.9. The van der Waals surface area contributed by atoms with Crippen molar-refractivity contribution in [3.8, 4) is 39.6 Å². The number of pyridine rings is 1. The monoisotopic (exact) mass is 1070 g/mol. The second-order valence-electron chi connectivity index (χ2n) is 18.6. The predicted molar refractivity (Wildman–Crippen MR) is 262 cm³/mol. The quantitative estimate of drug-likeness (QED) is 0.135. The minimum absolute atomic E-state index is 0. The molecule has 5 nitrogen and oxygen atoms in total. The minimum Gasteiger partial charge on any atom is -0.509 e. The van der Waals surface area contributed by atoms with E-state index in [9.17, 15) is 4.39 Å². The van der Waals surface area contributed by atoms with Gasteiger partial charge in [-0.15, -0.1) is 53.6 Å². The van der Waals surface area contributed by atoms with Crippen molar-refractivity contribution in [3.05, 3.63) is 199 Å². The van der Waals surface area contributed by atoms with E-state index in [1.807, 2.05) is 72.9 Å². The van der Waals surface area contributed by atoms with Gasteiger partial charge in [-0.05, 0) is 92.9 Å². The molecule has 0 radical (unpaired) electrons. The van der Waals surface area contributed by atoms with Crippen LogP contribution in [0.2, 0.25) is 0 Å². The van der Waals surface area contributed by atoms with E-state index in [0.717, 1.165) is 84.8 Å². The normalized spacial score (nSPS) is 12.7. The number of benzene rings is 7. The van der Waals surface area contributed by atoms with Gasteiger partial charge >= 0.3 is 0 Å². The van der Waals surface area contributed by atoms with Gasteiger partial charge < -0.3 is 19.1 Å². The van der Waals surface area contributed by atoms with Crippen LogP contribution in [0.25, 0.3) is 49.9 Å². The van der Waals surface area contributed by atoms with Crippen LogP contribution in [0.15, 0.2) is 146 Å². The molecule has 0 bridgehead atoms. The first kappa shape index (κ1) is 45.5. The van der Waals surface area contributed by atoms with Crippen molar-refractivity contribution in [1.82, 2.24) is 9.55 Å². The average molecular weight is 1070 g/mol. The Morgan fingerprint density at radius 3 is 1.93 bits per heavy atom. The third-order valence-corrected chi connectivity index (χ3v) is 12.4. The van der Waals surface area contributed by atoms with E-state index in [1.54, 1.807) is 0 Å². The molecule has 0 N–H and O–H groups in total. The molecule has 0 atom stereocenters. The first-order chi connectivity index (χ1) is 31.7. The number of ether oxygens (including phenoxy) is 1. The summed E-state index contributed by atoms with van der Waals surface area (Å²) in [6, 6.07) is 51.4. The van der Waals surface area contributed by atoms with E-state index >= 15 is 8.78 Å². The van der Waals surface area contributed by atoms with Crippen molar-refractivity contribution in [3.63, 3.8) is 0 Å². The third kappa shape index (κ3) is 8.42. The Bertz CT molecular complexity index is 3270. The fraction of sp³-hybridized carbons (Fsp3) is 0.172. The fourth-order valence-corrected chi connectivity index (χ4v) is 9.09. The number of hydrogen-bond acceptors (Lipinski definition) is 4. The molecular weight excluding hydrogens is 1020 g/mol. The van der Waals surface area contributed by atoms with Gasteiger partial charge in [0.15, 0.2) is 0 Å². The topological polar surface area (TPSA) is 33.5 Å². The maximum Gasteiger partial charge on any atom is 0.136 e. The van der Waals surface area contributed by atoms with Gasteiger partial charge in [0.05, 0.1) is 5.56 Å². The van der Waals surface area contributed by atoms with Crippen LogP contribution >= 0.6 is 0 Å². The zero-order valence-corrected chi connectivity index (χ0v) is 40.5. The van der Waals surface area contributed by atoms with Crippen LogP contribution in [0.4, 0.5) is 35.9 Å². The third-order valence-electron chi connectivity index (χ3n) is 12.4. The summed E-state index contributed by atoms with van der Waals surface area (Å²) in [6.45, 7) is 16.9. The number of rotatable bonds is 9. The van der Waals surface area contributed by atoms with Crippen LogP contribution < -0.4 is 14.5 Å². The molecule has 340 valence electrons. The molecule has 9 aromatic rings. The first-order valence-electron chi connectivity index (χ1n) is 22.3. The van der Waals surface area contributed by atoms with Gasteiger partial charge in [-0.1, -0.05) is 115 Å². The Kier molecular flexibility index (Phi) is 12.1. The van der Waals surface area contributed by atoms with Gasteiger partial charge in [0, 0.05) is 73.5 Å². The standard InChI is InChI=1S/C58H48F3N4O.Pt/c1-35(2)47-27-39(56-49(60)30-41(59)31-50(56)61)28-48(36(3)4)57(47)64-34-63(52-19-13-14-20-53(52)64)42-25-38(37-15-9-8-10-16-37)26-44(32-42)66-43-21-22-46-45-17-11-12-18-51(45)65(54(46)33-43)55-29-40(23-24-62-55)58(5,6)7;/h8-31,34-36H,1-7H3;/q-3;. The van der Waals surface area contributed by atoms with Crippen LogP contribution in [0.3, 0.4) is 0 Å². The summed E-state index contributed by atoms with van der Waals surface area (Å²) in [4.78, 5) is 9.12. The molecular formula is C58H48F3N4OPt-3. The van der Waals surface area contributed by atoms with E-state index in [1.165, 1.54) is 5.56 Å². The van der Waals surface area contributed by atoms with Crippen molar-refractivity contribution >= 4 is 44.6 Å². The first-order valence-corrected chi connectivity index (χ1v) is 22.3. The number of aromatic nitrogens is 2. The van der Waals surface area contributed by atoms with Crippen molar-refractivity contribution in [2.75, 3.05) is 9.80 Å². The van der Waals surface area contributed by atoms with Crippen LogP contribution in [0.5, 0.6) is 11.5 Å². The smallest absolute Gasteiger partial charge is 0.136 e. The summed E-state index contributed by atoms with van der Waals surface area (Å²) < 4.78 is 53.8. The SMILES string of the molecule is CC(C)c1cc(-c2c(F)cc(F)cc2F)cc(C(C)C)c1N1[CH-]N(c2[c-]c(Oc3[c-]c4c(cc3)c3ccccc3n4-c3cc(C(C)(C)C)ccn3)cc(-c3ccccc3)c2)c2ccccc21.[Pt]. The van der Waals surface area contributed by atoms with Gasteiger partial charge in [0.1, 0.15) is 23.3 Å². The van der Waals surface area contributed by atoms with E-state index in [-0.39, 0.29) is 43.9 Å². The Morgan fingerprint density at radius 2 is 1.25 bits per heavy atom. The van der Waals surface area contributed by atoms with Gasteiger partial charge in [0.25, 0.3) is 0 Å². The van der Waals surface area contributed by atoms with Gasteiger partial charge in [-0.25, -0.2) is 18.2 Å². The summed E-state index contributed by atoms with van der Waals surface area (Å²) in [5.74, 6) is -1.10. The number of fused-ring (bicyclic) bond motifs is 4. The zero-order chi connectivity index (χ0) is 46.0. The number of halogens is 3. The maximum atomic E-state index is 15.4. The van der Waals surface area contributed by atoms with Crippen LogP contribution in [0.1, 0.15) is 77.0 Å². The summed E-state index contributed by atoms with van der Waals surface area (Å²) in [6.07, 6.45) is 1.87. The van der Waals surface area contributed by atoms with Gasteiger partial charge in [-0.2, -0.15) is 6.07 Å².